The van der Waals surface area contributed by atoms with Crippen LogP contribution in [0.4, 0.5) is 0 Å². The Kier molecular flexibility index (Phi) is 5.17. The number of aryl methyl sites for hydroxylation is 1. The average molecular weight is 414 g/mol. The fourth-order valence-corrected chi connectivity index (χ4v) is 3.83. The van der Waals surface area contributed by atoms with Gasteiger partial charge in [0.2, 0.25) is 0 Å². The van der Waals surface area contributed by atoms with Gasteiger partial charge in [0.1, 0.15) is 5.84 Å². The van der Waals surface area contributed by atoms with Crippen molar-refractivity contribution in [2.75, 3.05) is 0 Å². The SMILES string of the molecule is Cn1c(=O)n(Cc2ccccc2CC(=O)O)c2cc(-c3cccc(C(=N)N)c3)ccc21. The first-order chi connectivity index (χ1) is 14.8. The molecule has 0 atom stereocenters. The number of nitrogens with two attached hydrogens (primary N) is 1. The number of nitrogen functional groups attached to an aromatic ring is 1. The van der Waals surface area contributed by atoms with Gasteiger partial charge in [-0.2, -0.15) is 0 Å². The fraction of sp³-hybridized carbons (Fsp3) is 0.125. The van der Waals surface area contributed by atoms with Gasteiger partial charge in [-0.1, -0.05) is 48.5 Å². The zero-order valence-electron chi connectivity index (χ0n) is 17.0. The summed E-state index contributed by atoms with van der Waals surface area (Å²) in [4.78, 5) is 24.2. The zero-order valence-corrected chi connectivity index (χ0v) is 17.0. The molecule has 1 heterocycles. The molecule has 0 saturated carbocycles. The minimum absolute atomic E-state index is 0.00501. The van der Waals surface area contributed by atoms with Crippen LogP contribution in [0.1, 0.15) is 16.7 Å². The largest absolute Gasteiger partial charge is 0.481 e. The molecule has 156 valence electrons. The molecule has 7 heteroatoms. The number of hydrogen-bond acceptors (Lipinski definition) is 3. The lowest BCUT2D eigenvalue weighted by Crippen LogP contribution is -2.23. The van der Waals surface area contributed by atoms with Crippen LogP contribution in [0.3, 0.4) is 0 Å². The second-order valence-corrected chi connectivity index (χ2v) is 7.46. The molecule has 0 aliphatic heterocycles. The number of amidine groups is 1. The molecule has 0 amide bonds. The molecule has 0 saturated heterocycles. The topological polar surface area (TPSA) is 114 Å². The molecular formula is C24H22N4O3. The van der Waals surface area contributed by atoms with E-state index in [1.54, 1.807) is 34.4 Å². The van der Waals surface area contributed by atoms with E-state index < -0.39 is 5.97 Å². The Morgan fingerprint density at radius 3 is 2.39 bits per heavy atom. The van der Waals surface area contributed by atoms with Crippen molar-refractivity contribution in [1.82, 2.24) is 9.13 Å². The zero-order chi connectivity index (χ0) is 22.1. The maximum absolute atomic E-state index is 13.0. The molecule has 31 heavy (non-hydrogen) atoms. The molecule has 0 aliphatic rings. The molecule has 4 aromatic rings. The lowest BCUT2D eigenvalue weighted by molar-refractivity contribution is -0.136. The van der Waals surface area contributed by atoms with E-state index in [1.807, 2.05) is 48.5 Å². The van der Waals surface area contributed by atoms with Crippen molar-refractivity contribution in [3.8, 4) is 11.1 Å². The number of hydrogen-bond donors (Lipinski definition) is 3. The third-order valence-electron chi connectivity index (χ3n) is 5.44. The van der Waals surface area contributed by atoms with Gasteiger partial charge in [-0.25, -0.2) is 4.79 Å². The normalized spacial score (nSPS) is 11.0. The van der Waals surface area contributed by atoms with Crippen molar-refractivity contribution >= 4 is 22.8 Å². The van der Waals surface area contributed by atoms with E-state index >= 15 is 0 Å². The quantitative estimate of drug-likeness (QED) is 0.332. The minimum atomic E-state index is -0.912. The number of carboxylic acid groups (broad SMARTS) is 1. The number of aliphatic carboxylic acids is 1. The van der Waals surface area contributed by atoms with E-state index in [-0.39, 0.29) is 24.5 Å². The van der Waals surface area contributed by atoms with Gasteiger partial charge in [0.05, 0.1) is 24.0 Å². The van der Waals surface area contributed by atoms with Crippen LogP contribution < -0.4 is 11.4 Å². The Morgan fingerprint density at radius 1 is 0.968 bits per heavy atom. The summed E-state index contributed by atoms with van der Waals surface area (Å²) in [6.07, 6.45) is -0.0984. The number of imidazole rings is 1. The molecule has 3 aromatic carbocycles. The van der Waals surface area contributed by atoms with E-state index in [9.17, 15) is 14.7 Å². The molecule has 0 radical (unpaired) electrons. The molecular weight excluding hydrogens is 392 g/mol. The highest BCUT2D eigenvalue weighted by Gasteiger charge is 2.15. The molecule has 0 spiro atoms. The Morgan fingerprint density at radius 2 is 1.68 bits per heavy atom. The monoisotopic (exact) mass is 414 g/mol. The third-order valence-corrected chi connectivity index (χ3v) is 5.44. The number of carbonyl (C=O) groups is 1. The van der Waals surface area contributed by atoms with Gasteiger partial charge in [-0.15, -0.1) is 0 Å². The first-order valence-corrected chi connectivity index (χ1v) is 9.78. The summed E-state index contributed by atoms with van der Waals surface area (Å²) in [5.41, 5.74) is 10.9. The van der Waals surface area contributed by atoms with Crippen LogP contribution in [-0.2, 0) is 24.8 Å². The number of benzene rings is 3. The van der Waals surface area contributed by atoms with E-state index in [0.29, 0.717) is 11.1 Å². The first-order valence-electron chi connectivity index (χ1n) is 9.78. The predicted octanol–water partition coefficient (Wildman–Crippen LogP) is 2.97. The number of nitrogens with one attached hydrogen (secondary N) is 1. The molecule has 4 N–H and O–H groups in total. The van der Waals surface area contributed by atoms with Crippen molar-refractivity contribution in [1.29, 1.82) is 5.41 Å². The minimum Gasteiger partial charge on any atom is -0.481 e. The third kappa shape index (κ3) is 3.85. The summed E-state index contributed by atoms with van der Waals surface area (Å²) in [6, 6.07) is 20.4. The number of fused-ring (bicyclic) bond motifs is 1. The van der Waals surface area contributed by atoms with Crippen LogP contribution in [0.25, 0.3) is 22.2 Å². The average Bonchev–Trinajstić information content (AvgIpc) is 2.99. The van der Waals surface area contributed by atoms with E-state index in [4.69, 9.17) is 11.1 Å². The lowest BCUT2D eigenvalue weighted by Gasteiger charge is -2.10. The van der Waals surface area contributed by atoms with Gasteiger partial charge >= 0.3 is 11.7 Å². The van der Waals surface area contributed by atoms with Crippen LogP contribution in [0, 0.1) is 5.41 Å². The number of carboxylic acids is 1. The van der Waals surface area contributed by atoms with Crippen LogP contribution in [0.2, 0.25) is 0 Å². The Bertz CT molecular complexity index is 1380. The van der Waals surface area contributed by atoms with Crippen LogP contribution in [0.5, 0.6) is 0 Å². The van der Waals surface area contributed by atoms with Gasteiger partial charge in [0.15, 0.2) is 0 Å². The molecule has 1 aromatic heterocycles. The van der Waals surface area contributed by atoms with Crippen molar-refractivity contribution in [2.45, 2.75) is 13.0 Å². The highest BCUT2D eigenvalue weighted by atomic mass is 16.4. The Labute approximate surface area is 178 Å². The summed E-state index contributed by atoms with van der Waals surface area (Å²) in [6.45, 7) is 0.274. The fourth-order valence-electron chi connectivity index (χ4n) is 3.83. The maximum Gasteiger partial charge on any atom is 0.329 e. The molecule has 0 unspecified atom stereocenters. The van der Waals surface area contributed by atoms with Gasteiger partial charge in [0.25, 0.3) is 0 Å². The Balaban J connectivity index is 1.84. The first kappa shape index (κ1) is 20.2. The van der Waals surface area contributed by atoms with Crippen LogP contribution in [0.15, 0.2) is 71.5 Å². The van der Waals surface area contributed by atoms with E-state index in [0.717, 1.165) is 27.7 Å². The van der Waals surface area contributed by atoms with Crippen molar-refractivity contribution in [3.63, 3.8) is 0 Å². The number of rotatable bonds is 6. The van der Waals surface area contributed by atoms with Crippen molar-refractivity contribution < 1.29 is 9.90 Å². The van der Waals surface area contributed by atoms with E-state index in [2.05, 4.69) is 0 Å². The highest BCUT2D eigenvalue weighted by molar-refractivity contribution is 5.96. The molecule has 4 rings (SSSR count). The molecule has 0 aliphatic carbocycles. The van der Waals surface area contributed by atoms with Crippen LogP contribution >= 0.6 is 0 Å². The van der Waals surface area contributed by atoms with Gasteiger partial charge in [-0.05, 0) is 40.5 Å². The standard InChI is InChI=1S/C24H22N4O3/c1-27-20-10-9-17(15-7-4-8-18(11-15)23(25)26)12-21(20)28(24(27)31)14-19-6-3-2-5-16(19)13-22(29)30/h2-12H,13-14H2,1H3,(H3,25,26)(H,29,30). The summed E-state index contributed by atoms with van der Waals surface area (Å²) >= 11 is 0. The van der Waals surface area contributed by atoms with Gasteiger partial charge in [-0.3, -0.25) is 19.3 Å². The lowest BCUT2D eigenvalue weighted by atomic mass is 10.0. The Hall–Kier alpha value is -4.13. The molecule has 0 bridgehead atoms. The smallest absolute Gasteiger partial charge is 0.329 e. The maximum atomic E-state index is 13.0. The number of aromatic nitrogens is 2. The van der Waals surface area contributed by atoms with Crippen molar-refractivity contribution in [2.24, 2.45) is 12.8 Å². The second kappa shape index (κ2) is 7.95. The predicted molar refractivity (Wildman–Crippen MR) is 121 cm³/mol. The molecule has 7 nitrogen and oxygen atoms in total. The van der Waals surface area contributed by atoms with Gasteiger partial charge < -0.3 is 10.8 Å². The van der Waals surface area contributed by atoms with Crippen LogP contribution in [-0.4, -0.2) is 26.0 Å². The summed E-state index contributed by atoms with van der Waals surface area (Å²) in [5, 5.41) is 16.9. The molecule has 0 fully saturated rings. The summed E-state index contributed by atoms with van der Waals surface area (Å²) < 4.78 is 3.25. The van der Waals surface area contributed by atoms with Gasteiger partial charge in [0, 0.05) is 12.6 Å². The van der Waals surface area contributed by atoms with Crippen molar-refractivity contribution in [3.05, 3.63) is 93.9 Å². The summed E-state index contributed by atoms with van der Waals surface area (Å²) in [7, 11) is 1.72. The second-order valence-electron chi connectivity index (χ2n) is 7.46. The number of nitrogens with zero attached hydrogens (tertiary/aromatic N) is 2. The van der Waals surface area contributed by atoms with E-state index in [1.165, 1.54) is 0 Å². The summed E-state index contributed by atoms with van der Waals surface area (Å²) in [5.74, 6) is -0.917. The highest BCUT2D eigenvalue weighted by Crippen LogP contribution is 2.25.